The highest BCUT2D eigenvalue weighted by Gasteiger charge is 2.24. The number of phenolic OH excluding ortho intramolecular Hbond substituents is 2. The zero-order valence-corrected chi connectivity index (χ0v) is 47.3. The van der Waals surface area contributed by atoms with Crippen molar-refractivity contribution in [3.05, 3.63) is 97.1 Å². The van der Waals surface area contributed by atoms with Gasteiger partial charge in [-0.25, -0.2) is 0 Å². The molecule has 4 atom stereocenters. The molecule has 4 unspecified atom stereocenters. The van der Waals surface area contributed by atoms with Crippen LogP contribution in [0, 0.1) is 0 Å². The number of nitrogens with two attached hydrogens (primary N) is 4. The molecule has 0 aliphatic carbocycles. The van der Waals surface area contributed by atoms with Gasteiger partial charge in [0.25, 0.3) is 20.2 Å². The van der Waals surface area contributed by atoms with Gasteiger partial charge in [0, 0.05) is 72.5 Å². The third-order valence-corrected chi connectivity index (χ3v) is 13.3. The maximum Gasteiger partial charge on any atom is 0.296 e. The number of aromatic hydroxyl groups is 2. The van der Waals surface area contributed by atoms with Gasteiger partial charge in [-0.15, -0.1) is 10.2 Å². The number of azo groups is 2. The van der Waals surface area contributed by atoms with Gasteiger partial charge in [0.15, 0.2) is 11.5 Å². The number of fused-ring (bicyclic) bond motifs is 2. The molecule has 18 N–H and O–H groups in total. The SMILES string of the molecule is CC(N)CNc1nc(NCC(C)N)nc(Nc2ccc3c(O)c(/N=N/c4ccc(OCCOc5ccc(/N=N/c6c(S(=O)(=O)O)cc7cc(Nc8nc(NCC(C)N)nc(NCC(C)N)n8)ccc7c6O)cc5)cc4)c(S(=O)(=O)O)cc3c2)n1. The van der Waals surface area contributed by atoms with Gasteiger partial charge in [-0.2, -0.15) is 57.0 Å². The highest BCUT2D eigenvalue weighted by Crippen LogP contribution is 2.44. The average Bonchev–Trinajstić information content (AvgIpc) is 1.15. The Hall–Kier alpha value is -9.28. The first kappa shape index (κ1) is 60.8. The Morgan fingerprint density at radius 1 is 0.452 bits per heavy atom. The number of rotatable bonds is 27. The first-order valence-corrected chi connectivity index (χ1v) is 28.7. The Kier molecular flexibility index (Phi) is 19.4. The van der Waals surface area contributed by atoms with Crippen LogP contribution in [0.3, 0.4) is 0 Å². The second kappa shape index (κ2) is 26.8. The molecule has 0 saturated carbocycles. The number of nitrogens with one attached hydrogen (secondary N) is 6. The van der Waals surface area contributed by atoms with Crippen LogP contribution in [0.2, 0.25) is 0 Å². The minimum atomic E-state index is -4.93. The monoisotopic (exact) mass is 1190 g/mol. The number of hydrogen-bond donors (Lipinski definition) is 14. The van der Waals surface area contributed by atoms with Crippen LogP contribution in [0.15, 0.2) is 127 Å². The third-order valence-electron chi connectivity index (χ3n) is 11.6. The van der Waals surface area contributed by atoms with Gasteiger partial charge in [-0.3, -0.25) is 9.11 Å². The molecule has 442 valence electrons. The van der Waals surface area contributed by atoms with Gasteiger partial charge in [-0.05, 0) is 136 Å². The first-order chi connectivity index (χ1) is 39.9. The van der Waals surface area contributed by atoms with E-state index in [2.05, 4.69) is 82.3 Å². The lowest BCUT2D eigenvalue weighted by Crippen LogP contribution is -2.27. The lowest BCUT2D eigenvalue weighted by molar-refractivity contribution is 0.217. The minimum absolute atomic E-state index is 0.103. The fourth-order valence-corrected chi connectivity index (χ4v) is 8.96. The molecule has 2 heterocycles. The molecule has 0 spiro atoms. The number of ether oxygens (including phenoxy) is 2. The molecule has 0 bridgehead atoms. The number of phenols is 2. The van der Waals surface area contributed by atoms with Crippen molar-refractivity contribution in [3.8, 4) is 23.0 Å². The van der Waals surface area contributed by atoms with Crippen molar-refractivity contribution in [3.63, 3.8) is 0 Å². The summed E-state index contributed by atoms with van der Waals surface area (Å²) in [6.07, 6.45) is 0. The highest BCUT2D eigenvalue weighted by atomic mass is 32.2. The van der Waals surface area contributed by atoms with E-state index in [1.807, 2.05) is 27.7 Å². The van der Waals surface area contributed by atoms with Crippen molar-refractivity contribution in [2.45, 2.75) is 61.7 Å². The summed E-state index contributed by atoms with van der Waals surface area (Å²) in [5.74, 6) is 0.940. The molecule has 84 heavy (non-hydrogen) atoms. The Balaban J connectivity index is 0.879. The number of benzene rings is 6. The van der Waals surface area contributed by atoms with E-state index in [9.17, 15) is 36.2 Å². The quantitative estimate of drug-likeness (QED) is 0.0139. The summed E-state index contributed by atoms with van der Waals surface area (Å²) in [5.41, 5.74) is 23.9. The van der Waals surface area contributed by atoms with E-state index in [1.165, 1.54) is 48.5 Å². The van der Waals surface area contributed by atoms with Crippen LogP contribution in [-0.4, -0.2) is 130 Å². The molecule has 6 aromatic carbocycles. The molecule has 0 amide bonds. The summed E-state index contributed by atoms with van der Waals surface area (Å²) < 4.78 is 82.7. The molecule has 0 fully saturated rings. The zero-order chi connectivity index (χ0) is 60.3. The molecule has 32 heteroatoms. The highest BCUT2D eigenvalue weighted by molar-refractivity contribution is 7.86. The van der Waals surface area contributed by atoms with Gasteiger partial charge in [0.1, 0.15) is 45.9 Å². The number of aromatic nitrogens is 6. The molecule has 0 radical (unpaired) electrons. The van der Waals surface area contributed by atoms with Gasteiger partial charge < -0.3 is 74.5 Å². The summed E-state index contributed by atoms with van der Waals surface area (Å²) in [7, 11) is -9.87. The first-order valence-electron chi connectivity index (χ1n) is 25.8. The van der Waals surface area contributed by atoms with Crippen LogP contribution in [0.5, 0.6) is 23.0 Å². The largest absolute Gasteiger partial charge is 0.505 e. The van der Waals surface area contributed by atoms with Gasteiger partial charge in [-0.1, -0.05) is 0 Å². The molecule has 2 aromatic heterocycles. The van der Waals surface area contributed by atoms with Crippen LogP contribution in [0.25, 0.3) is 21.5 Å². The molecule has 0 aliphatic heterocycles. The zero-order valence-electron chi connectivity index (χ0n) is 45.6. The van der Waals surface area contributed by atoms with Gasteiger partial charge >= 0.3 is 0 Å². The van der Waals surface area contributed by atoms with Crippen LogP contribution >= 0.6 is 0 Å². The second-order valence-electron chi connectivity index (χ2n) is 19.3. The van der Waals surface area contributed by atoms with Crippen LogP contribution in [0.1, 0.15) is 27.7 Å². The molecular weight excluding hydrogens is 1130 g/mol. The third kappa shape index (κ3) is 16.7. The normalized spacial score (nSPS) is 13.4. The van der Waals surface area contributed by atoms with Crippen molar-refractivity contribution in [1.29, 1.82) is 0 Å². The molecule has 0 aliphatic rings. The fraction of sp³-hybridized carbons (Fsp3) is 0.269. The van der Waals surface area contributed by atoms with Crippen molar-refractivity contribution in [1.82, 2.24) is 29.9 Å². The average molecular weight is 1190 g/mol. The Bertz CT molecular complexity index is 3620. The summed E-state index contributed by atoms with van der Waals surface area (Å²) in [4.78, 5) is 24.9. The fourth-order valence-electron chi connectivity index (χ4n) is 7.65. The lowest BCUT2D eigenvalue weighted by Gasteiger charge is -2.14. The van der Waals surface area contributed by atoms with Crippen molar-refractivity contribution in [2.75, 3.05) is 71.3 Å². The summed E-state index contributed by atoms with van der Waals surface area (Å²) in [6, 6.07) is 23.3. The van der Waals surface area contributed by atoms with E-state index in [1.54, 1.807) is 36.4 Å². The van der Waals surface area contributed by atoms with E-state index in [4.69, 9.17) is 32.4 Å². The molecule has 30 nitrogen and oxygen atoms in total. The van der Waals surface area contributed by atoms with Gasteiger partial charge in [0.05, 0.1) is 11.4 Å². The van der Waals surface area contributed by atoms with E-state index in [0.717, 1.165) is 12.1 Å². The standard InChI is InChI=1S/C52H62N20O10S2/c1-27(53)23-57-47-63-48(58-24-28(2)54)66-51(65-47)61-35-9-15-39-31(19-35)21-41(83(75,76)77)43(45(39)73)71-69-33-5-11-37(12-6-33)81-17-18-82-38-13-7-34(8-14-38)70-72-44-42(84(78,79)80)22-32-20-36(10-16-40(32)46(44)74)62-52-67-49(59-25-29(3)55)64-50(68-52)60-26-30(4)56/h5-16,19-22,27-30,73-74H,17-18,23-26,53-56H2,1-4H3,(H,75,76,77)(H,78,79,80)(H3,57,58,61,63,65,66)(H3,59,60,62,64,67,68)/b71-69+,72-70+. The number of hydrogen-bond acceptors (Lipinski definition) is 28. The molecular formula is C52H62N20O10S2. The van der Waals surface area contributed by atoms with E-state index in [0.29, 0.717) is 49.1 Å². The second-order valence-corrected chi connectivity index (χ2v) is 22.1. The number of anilines is 8. The van der Waals surface area contributed by atoms with Crippen molar-refractivity contribution >= 4 is 112 Å². The summed E-state index contributed by atoms with van der Waals surface area (Å²) >= 11 is 0. The topological polar surface area (TPSA) is 471 Å². The lowest BCUT2D eigenvalue weighted by atomic mass is 10.1. The Labute approximate surface area is 481 Å². The van der Waals surface area contributed by atoms with Crippen LogP contribution in [0.4, 0.5) is 69.8 Å². The van der Waals surface area contributed by atoms with Crippen molar-refractivity contribution in [2.24, 2.45) is 43.4 Å². The van der Waals surface area contributed by atoms with Crippen molar-refractivity contribution < 1.29 is 45.6 Å². The van der Waals surface area contributed by atoms with Crippen LogP contribution in [-0.2, 0) is 20.2 Å². The summed E-state index contributed by atoms with van der Waals surface area (Å²) in [5, 5.41) is 58.0. The minimum Gasteiger partial charge on any atom is -0.505 e. The van der Waals surface area contributed by atoms with E-state index >= 15 is 0 Å². The maximum absolute atomic E-state index is 12.6. The smallest absolute Gasteiger partial charge is 0.296 e. The molecule has 0 saturated heterocycles. The number of nitrogens with zero attached hydrogens (tertiary/aromatic N) is 10. The van der Waals surface area contributed by atoms with E-state index in [-0.39, 0.29) is 106 Å². The maximum atomic E-state index is 12.6. The Morgan fingerprint density at radius 2 is 0.762 bits per heavy atom. The molecule has 8 aromatic rings. The molecule has 8 rings (SSSR count). The Morgan fingerprint density at radius 3 is 1.06 bits per heavy atom. The van der Waals surface area contributed by atoms with Gasteiger partial charge in [0.2, 0.25) is 35.7 Å². The van der Waals surface area contributed by atoms with Crippen LogP contribution < -0.4 is 64.3 Å². The predicted octanol–water partition coefficient (Wildman–Crippen LogP) is 7.08. The van der Waals surface area contributed by atoms with E-state index < -0.39 is 52.9 Å². The summed E-state index contributed by atoms with van der Waals surface area (Å²) in [6.45, 7) is 8.97. The predicted molar refractivity (Wildman–Crippen MR) is 318 cm³/mol.